The van der Waals surface area contributed by atoms with Gasteiger partial charge in [0.1, 0.15) is 0 Å². The van der Waals surface area contributed by atoms with Crippen LogP contribution in [0.2, 0.25) is 5.02 Å². The molecule has 0 aliphatic carbocycles. The second-order valence-corrected chi connectivity index (χ2v) is 9.13. The van der Waals surface area contributed by atoms with Gasteiger partial charge in [0, 0.05) is 23.3 Å². The molecular weight excluding hydrogens is 446 g/mol. The van der Waals surface area contributed by atoms with E-state index in [1.807, 2.05) is 56.7 Å². The van der Waals surface area contributed by atoms with Gasteiger partial charge in [-0.25, -0.2) is 0 Å². The lowest BCUT2D eigenvalue weighted by molar-refractivity contribution is -0.113. The molecule has 0 spiro atoms. The summed E-state index contributed by atoms with van der Waals surface area (Å²) in [5, 5.41) is 15.7. The standard InChI is InChI=1S/C23H26ClN5O2S/c1-14(2)20(26-22(31)16-9-11-17(24)12-10-16)21-27-28-23(29(21)4)32-13-19(30)25-18-8-6-5-7-15(18)3/h5-12,14,20H,13H2,1-4H3,(H,25,30)(H,26,31)/t20-/m1/s1. The highest BCUT2D eigenvalue weighted by Gasteiger charge is 2.25. The first kappa shape index (κ1) is 23.8. The quantitative estimate of drug-likeness (QED) is 0.467. The minimum atomic E-state index is -0.342. The van der Waals surface area contributed by atoms with Gasteiger partial charge in [0.25, 0.3) is 5.91 Å². The van der Waals surface area contributed by atoms with Crippen LogP contribution < -0.4 is 10.6 Å². The second-order valence-electron chi connectivity index (χ2n) is 7.75. The number of nitrogens with one attached hydrogen (secondary N) is 2. The molecule has 0 unspecified atom stereocenters. The molecule has 0 aliphatic heterocycles. The average molecular weight is 472 g/mol. The number of aromatic nitrogens is 3. The van der Waals surface area contributed by atoms with Crippen LogP contribution in [-0.4, -0.2) is 32.3 Å². The maximum absolute atomic E-state index is 12.7. The molecule has 0 fully saturated rings. The number of thioether (sulfide) groups is 1. The molecule has 0 aliphatic rings. The summed E-state index contributed by atoms with van der Waals surface area (Å²) < 4.78 is 1.82. The summed E-state index contributed by atoms with van der Waals surface area (Å²) in [5.41, 5.74) is 2.31. The van der Waals surface area contributed by atoms with Crippen LogP contribution in [0.5, 0.6) is 0 Å². The van der Waals surface area contributed by atoms with Crippen LogP contribution in [0.25, 0.3) is 0 Å². The lowest BCUT2D eigenvalue weighted by Crippen LogP contribution is -2.33. The summed E-state index contributed by atoms with van der Waals surface area (Å²) in [7, 11) is 1.83. The molecule has 7 nitrogen and oxygen atoms in total. The third kappa shape index (κ3) is 5.89. The molecule has 3 rings (SSSR count). The van der Waals surface area contributed by atoms with Crippen molar-refractivity contribution in [3.8, 4) is 0 Å². The maximum atomic E-state index is 12.7. The first-order chi connectivity index (χ1) is 15.3. The van der Waals surface area contributed by atoms with Crippen molar-refractivity contribution in [3.05, 3.63) is 70.5 Å². The lowest BCUT2D eigenvalue weighted by atomic mass is 10.0. The number of rotatable bonds is 8. The van der Waals surface area contributed by atoms with Crippen LogP contribution in [-0.2, 0) is 11.8 Å². The van der Waals surface area contributed by atoms with Gasteiger partial charge in [-0.3, -0.25) is 9.59 Å². The highest BCUT2D eigenvalue weighted by Crippen LogP contribution is 2.25. The Morgan fingerprint density at radius 3 is 2.44 bits per heavy atom. The summed E-state index contributed by atoms with van der Waals surface area (Å²) in [4.78, 5) is 25.1. The highest BCUT2D eigenvalue weighted by molar-refractivity contribution is 7.99. The Kier molecular flexibility index (Phi) is 7.93. The predicted octanol–water partition coefficient (Wildman–Crippen LogP) is 4.63. The van der Waals surface area contributed by atoms with Crippen LogP contribution in [0.4, 0.5) is 5.69 Å². The van der Waals surface area contributed by atoms with Crippen molar-refractivity contribution >= 4 is 40.9 Å². The third-order valence-corrected chi connectivity index (χ3v) is 6.23. The molecule has 0 bridgehead atoms. The van der Waals surface area contributed by atoms with Gasteiger partial charge in [0.2, 0.25) is 5.91 Å². The fraction of sp³-hybridized carbons (Fsp3) is 0.304. The molecule has 2 N–H and O–H groups in total. The van der Waals surface area contributed by atoms with Crippen molar-refractivity contribution in [2.45, 2.75) is 32.0 Å². The Balaban J connectivity index is 1.67. The largest absolute Gasteiger partial charge is 0.342 e. The van der Waals surface area contributed by atoms with Crippen molar-refractivity contribution < 1.29 is 9.59 Å². The molecule has 0 radical (unpaired) electrons. The molecule has 0 saturated heterocycles. The fourth-order valence-electron chi connectivity index (χ4n) is 3.11. The van der Waals surface area contributed by atoms with Crippen molar-refractivity contribution in [1.29, 1.82) is 0 Å². The first-order valence-corrected chi connectivity index (χ1v) is 11.6. The number of aryl methyl sites for hydroxylation is 1. The molecular formula is C23H26ClN5O2S. The van der Waals surface area contributed by atoms with Gasteiger partial charge in [0.05, 0.1) is 11.8 Å². The van der Waals surface area contributed by atoms with E-state index >= 15 is 0 Å². The van der Waals surface area contributed by atoms with Crippen LogP contribution in [0.1, 0.15) is 41.6 Å². The Morgan fingerprint density at radius 2 is 1.78 bits per heavy atom. The zero-order valence-corrected chi connectivity index (χ0v) is 20.0. The van der Waals surface area contributed by atoms with Gasteiger partial charge in [0.15, 0.2) is 11.0 Å². The molecule has 2 amide bonds. The Morgan fingerprint density at radius 1 is 1.09 bits per heavy atom. The van der Waals surface area contributed by atoms with Gasteiger partial charge >= 0.3 is 0 Å². The van der Waals surface area contributed by atoms with E-state index in [0.717, 1.165) is 11.3 Å². The number of carbonyl (C=O) groups is 2. The highest BCUT2D eigenvalue weighted by atomic mass is 35.5. The van der Waals surface area contributed by atoms with Crippen molar-refractivity contribution in [1.82, 2.24) is 20.1 Å². The normalized spacial score (nSPS) is 11.9. The van der Waals surface area contributed by atoms with Gasteiger partial charge in [-0.05, 0) is 48.7 Å². The van der Waals surface area contributed by atoms with E-state index in [0.29, 0.717) is 21.6 Å². The van der Waals surface area contributed by atoms with E-state index in [1.165, 1.54) is 11.8 Å². The van der Waals surface area contributed by atoms with Gasteiger partial charge < -0.3 is 15.2 Å². The van der Waals surface area contributed by atoms with Crippen LogP contribution in [0, 0.1) is 12.8 Å². The summed E-state index contributed by atoms with van der Waals surface area (Å²) in [6.45, 7) is 5.95. The predicted molar refractivity (Wildman–Crippen MR) is 128 cm³/mol. The molecule has 168 valence electrons. The van der Waals surface area contributed by atoms with Crippen LogP contribution in [0.15, 0.2) is 53.7 Å². The molecule has 1 heterocycles. The number of para-hydroxylation sites is 1. The van der Waals surface area contributed by atoms with Crippen molar-refractivity contribution in [3.63, 3.8) is 0 Å². The van der Waals surface area contributed by atoms with Crippen molar-refractivity contribution in [2.75, 3.05) is 11.1 Å². The number of nitrogens with zero attached hydrogens (tertiary/aromatic N) is 3. The topological polar surface area (TPSA) is 88.9 Å². The minimum Gasteiger partial charge on any atom is -0.342 e. The number of amides is 2. The van der Waals surface area contributed by atoms with Crippen LogP contribution in [0.3, 0.4) is 0 Å². The molecule has 32 heavy (non-hydrogen) atoms. The first-order valence-electron chi connectivity index (χ1n) is 10.2. The number of hydrogen-bond donors (Lipinski definition) is 2. The number of benzene rings is 2. The number of anilines is 1. The second kappa shape index (κ2) is 10.7. The smallest absolute Gasteiger partial charge is 0.251 e. The van der Waals surface area contributed by atoms with Gasteiger partial charge in [-0.15, -0.1) is 10.2 Å². The number of carbonyl (C=O) groups excluding carboxylic acids is 2. The zero-order valence-electron chi connectivity index (χ0n) is 18.4. The van der Waals surface area contributed by atoms with E-state index in [9.17, 15) is 9.59 Å². The van der Waals surface area contributed by atoms with E-state index in [2.05, 4.69) is 20.8 Å². The zero-order chi connectivity index (χ0) is 23.3. The Labute approximate surface area is 197 Å². The maximum Gasteiger partial charge on any atom is 0.251 e. The van der Waals surface area contributed by atoms with E-state index in [1.54, 1.807) is 24.3 Å². The fourth-order valence-corrected chi connectivity index (χ4v) is 3.95. The van der Waals surface area contributed by atoms with E-state index < -0.39 is 0 Å². The van der Waals surface area contributed by atoms with E-state index in [4.69, 9.17) is 11.6 Å². The Bertz CT molecular complexity index is 1100. The summed E-state index contributed by atoms with van der Waals surface area (Å²) in [6, 6.07) is 14.0. The third-order valence-electron chi connectivity index (χ3n) is 4.96. The van der Waals surface area contributed by atoms with Gasteiger partial charge in [-0.2, -0.15) is 0 Å². The SMILES string of the molecule is Cc1ccccc1NC(=O)CSc1nnc([C@H](NC(=O)c2ccc(Cl)cc2)C(C)C)n1C. The van der Waals surface area contributed by atoms with Crippen LogP contribution >= 0.6 is 23.4 Å². The van der Waals surface area contributed by atoms with Crippen molar-refractivity contribution in [2.24, 2.45) is 13.0 Å². The molecule has 1 aromatic heterocycles. The number of halogens is 1. The Hall–Kier alpha value is -2.84. The minimum absolute atomic E-state index is 0.0800. The molecule has 3 aromatic rings. The lowest BCUT2D eigenvalue weighted by Gasteiger charge is -2.21. The number of hydrogen-bond acceptors (Lipinski definition) is 5. The summed E-state index contributed by atoms with van der Waals surface area (Å²) >= 11 is 7.21. The average Bonchev–Trinajstić information content (AvgIpc) is 3.12. The molecule has 2 aromatic carbocycles. The molecule has 9 heteroatoms. The van der Waals surface area contributed by atoms with E-state index in [-0.39, 0.29) is 29.5 Å². The summed E-state index contributed by atoms with van der Waals surface area (Å²) in [6.07, 6.45) is 0. The summed E-state index contributed by atoms with van der Waals surface area (Å²) in [5.74, 6) is 0.574. The molecule has 0 saturated carbocycles. The van der Waals surface area contributed by atoms with Gasteiger partial charge in [-0.1, -0.05) is 55.4 Å². The molecule has 1 atom stereocenters. The monoisotopic (exact) mass is 471 g/mol.